The molecule has 0 amide bonds. The summed E-state index contributed by atoms with van der Waals surface area (Å²) in [6.45, 7) is 1.94. The van der Waals surface area contributed by atoms with Gasteiger partial charge in [-0.3, -0.25) is 9.69 Å². The van der Waals surface area contributed by atoms with Gasteiger partial charge in [0.15, 0.2) is 5.69 Å². The molecule has 1 aromatic heterocycles. The molecule has 2 aliphatic carbocycles. The third-order valence-electron chi connectivity index (χ3n) is 9.65. The van der Waals surface area contributed by atoms with Crippen molar-refractivity contribution < 1.29 is 14.7 Å². The Bertz CT molecular complexity index is 1240. The van der Waals surface area contributed by atoms with Gasteiger partial charge in [0, 0.05) is 24.2 Å². The first kappa shape index (κ1) is 25.5. The highest BCUT2D eigenvalue weighted by molar-refractivity contribution is 6.41. The predicted molar refractivity (Wildman–Crippen MR) is 146 cm³/mol. The molecule has 204 valence electrons. The Morgan fingerprint density at radius 1 is 0.947 bits per heavy atom. The molecule has 1 N–H and O–H groups in total. The zero-order chi connectivity index (χ0) is 26.2. The molecule has 2 aromatic rings. The van der Waals surface area contributed by atoms with E-state index in [0.29, 0.717) is 23.6 Å². The Balaban J connectivity index is 1.36. The lowest BCUT2D eigenvalue weighted by atomic mass is 9.73. The summed E-state index contributed by atoms with van der Waals surface area (Å²) in [6.07, 6.45) is 15.1. The van der Waals surface area contributed by atoms with Gasteiger partial charge in [0.05, 0.1) is 11.0 Å². The second kappa shape index (κ2) is 10.8. The Morgan fingerprint density at radius 2 is 1.63 bits per heavy atom. The number of aliphatic carboxylic acids is 1. The van der Waals surface area contributed by atoms with Crippen molar-refractivity contribution in [1.29, 1.82) is 0 Å². The lowest BCUT2D eigenvalue weighted by Crippen LogP contribution is -2.58. The number of nitrogens with zero attached hydrogens (tertiary/aromatic N) is 4. The van der Waals surface area contributed by atoms with Crippen LogP contribution in [0.4, 0.5) is 0 Å². The van der Waals surface area contributed by atoms with Crippen molar-refractivity contribution in [1.82, 2.24) is 14.5 Å². The summed E-state index contributed by atoms with van der Waals surface area (Å²) in [4.78, 5) is 38.4. The molecule has 0 radical (unpaired) electrons. The van der Waals surface area contributed by atoms with Gasteiger partial charge >= 0.3 is 5.97 Å². The molecule has 1 aromatic carbocycles. The number of benzene rings is 1. The van der Waals surface area contributed by atoms with E-state index in [1.54, 1.807) is 6.92 Å². The van der Waals surface area contributed by atoms with Gasteiger partial charge in [-0.25, -0.2) is 9.78 Å². The van der Waals surface area contributed by atoms with E-state index in [9.17, 15) is 14.7 Å². The van der Waals surface area contributed by atoms with E-state index in [2.05, 4.69) is 15.0 Å². The fourth-order valence-electron chi connectivity index (χ4n) is 8.29. The van der Waals surface area contributed by atoms with Crippen LogP contribution in [0, 0.1) is 11.8 Å². The van der Waals surface area contributed by atoms with Gasteiger partial charge in [-0.1, -0.05) is 49.4 Å². The third kappa shape index (κ3) is 4.76. The minimum atomic E-state index is -1.31. The number of fused-ring (bicyclic) bond motifs is 5. The van der Waals surface area contributed by atoms with Crippen LogP contribution in [0.2, 0.25) is 0 Å². The van der Waals surface area contributed by atoms with Crippen LogP contribution in [0.5, 0.6) is 0 Å². The number of carboxylic acids is 1. The number of aromatic nitrogens is 2. The quantitative estimate of drug-likeness (QED) is 0.419. The molecule has 38 heavy (non-hydrogen) atoms. The first-order valence-electron chi connectivity index (χ1n) is 14.8. The Morgan fingerprint density at radius 3 is 2.29 bits per heavy atom. The molecule has 2 saturated heterocycles. The van der Waals surface area contributed by atoms with Gasteiger partial charge in [0.1, 0.15) is 6.61 Å². The standard InChI is InChI=1S/C30H40N4O4/c1-2-38-32-28(30(36)37)27-29(35)34(26-13-6-5-12-25(26)31-27)24-17-21-10-7-11-22(18-24)33(21)23-15-19-8-3-4-9-20(14-19)16-23/h5-6,12-13,19-24H,2-4,7-11,14-18H2,1H3,(H,36,37)/t19-,20+,21-,22+,23?,24?. The van der Waals surface area contributed by atoms with E-state index >= 15 is 0 Å². The molecule has 6 rings (SSSR count). The highest BCUT2D eigenvalue weighted by Gasteiger charge is 2.45. The lowest BCUT2D eigenvalue weighted by Gasteiger charge is -2.54. The van der Waals surface area contributed by atoms with Crippen LogP contribution in [0.25, 0.3) is 11.0 Å². The van der Waals surface area contributed by atoms with Gasteiger partial charge < -0.3 is 14.5 Å². The molecule has 4 bridgehead atoms. The van der Waals surface area contributed by atoms with E-state index in [-0.39, 0.29) is 23.9 Å². The molecule has 2 unspecified atom stereocenters. The van der Waals surface area contributed by atoms with Crippen LogP contribution in [-0.4, -0.2) is 56.0 Å². The number of hydrogen-bond donors (Lipinski definition) is 1. The summed E-state index contributed by atoms with van der Waals surface area (Å²) in [5.41, 5.74) is 0.413. The Labute approximate surface area is 224 Å². The van der Waals surface area contributed by atoms with Crippen molar-refractivity contribution in [2.75, 3.05) is 6.61 Å². The average Bonchev–Trinajstić information content (AvgIpc) is 3.07. The molecule has 8 nitrogen and oxygen atoms in total. The number of carbonyl (C=O) groups is 1. The number of carboxylic acid groups (broad SMARTS) is 1. The maximum Gasteiger partial charge on any atom is 0.360 e. The maximum absolute atomic E-state index is 14.0. The van der Waals surface area contributed by atoms with Gasteiger partial charge in [-0.05, 0) is 75.8 Å². The van der Waals surface area contributed by atoms with Crippen LogP contribution in [0.1, 0.15) is 95.7 Å². The number of oxime groups is 1. The van der Waals surface area contributed by atoms with Crippen LogP contribution in [0.3, 0.4) is 0 Å². The second-order valence-corrected chi connectivity index (χ2v) is 12.0. The van der Waals surface area contributed by atoms with Crippen LogP contribution in [0.15, 0.2) is 34.2 Å². The summed E-state index contributed by atoms with van der Waals surface area (Å²) in [7, 11) is 0. The second-order valence-electron chi connectivity index (χ2n) is 12.0. The summed E-state index contributed by atoms with van der Waals surface area (Å²) in [5, 5.41) is 13.6. The van der Waals surface area contributed by atoms with E-state index in [4.69, 9.17) is 4.84 Å². The predicted octanol–water partition coefficient (Wildman–Crippen LogP) is 5.14. The number of rotatable bonds is 6. The minimum absolute atomic E-state index is 0.00806. The largest absolute Gasteiger partial charge is 0.476 e. The van der Waals surface area contributed by atoms with Crippen LogP contribution >= 0.6 is 0 Å². The molecule has 4 fully saturated rings. The topological polar surface area (TPSA) is 97.0 Å². The molecule has 0 spiro atoms. The normalized spacial score (nSPS) is 32.1. The van der Waals surface area contributed by atoms with Crippen molar-refractivity contribution >= 4 is 22.7 Å². The van der Waals surface area contributed by atoms with Gasteiger partial charge in [0.2, 0.25) is 5.71 Å². The van der Waals surface area contributed by atoms with Crippen LogP contribution < -0.4 is 5.56 Å². The highest BCUT2D eigenvalue weighted by Crippen LogP contribution is 2.47. The SMILES string of the molecule is CCON=C(C(=O)O)c1nc2ccccc2n(C2C[C@H]3CCC[C@@H](C2)N3C2C[C@H]3CCCC[C@@H](C2)C3)c1=O. The van der Waals surface area contributed by atoms with Crippen molar-refractivity contribution in [3.8, 4) is 0 Å². The summed E-state index contributed by atoms with van der Waals surface area (Å²) < 4.78 is 1.84. The maximum atomic E-state index is 14.0. The zero-order valence-corrected chi connectivity index (χ0v) is 22.4. The van der Waals surface area contributed by atoms with E-state index in [0.717, 1.165) is 30.2 Å². The molecule has 2 saturated carbocycles. The van der Waals surface area contributed by atoms with Crippen LogP contribution in [-0.2, 0) is 9.63 Å². The number of piperidine rings is 2. The van der Waals surface area contributed by atoms with Crippen molar-refractivity contribution in [3.63, 3.8) is 0 Å². The summed E-state index contributed by atoms with van der Waals surface area (Å²) in [5.74, 6) is 0.455. The number of hydrogen-bond acceptors (Lipinski definition) is 6. The van der Waals surface area contributed by atoms with E-state index < -0.39 is 11.7 Å². The van der Waals surface area contributed by atoms with Gasteiger partial charge in [-0.15, -0.1) is 0 Å². The molecular weight excluding hydrogens is 480 g/mol. The summed E-state index contributed by atoms with van der Waals surface area (Å²) in [6, 6.07) is 9.18. The molecule has 2 aliphatic heterocycles. The fraction of sp³-hybridized carbons (Fsp3) is 0.667. The molecule has 6 atom stereocenters. The Kier molecular flexibility index (Phi) is 7.25. The molecule has 8 heteroatoms. The smallest absolute Gasteiger partial charge is 0.360 e. The minimum Gasteiger partial charge on any atom is -0.476 e. The monoisotopic (exact) mass is 520 g/mol. The third-order valence-corrected chi connectivity index (χ3v) is 9.65. The fourth-order valence-corrected chi connectivity index (χ4v) is 8.29. The van der Waals surface area contributed by atoms with Gasteiger partial charge in [-0.2, -0.15) is 0 Å². The van der Waals surface area contributed by atoms with Gasteiger partial charge in [0.25, 0.3) is 5.56 Å². The lowest BCUT2D eigenvalue weighted by molar-refractivity contribution is -0.129. The van der Waals surface area contributed by atoms with Crippen molar-refractivity contribution in [2.24, 2.45) is 17.0 Å². The first-order chi connectivity index (χ1) is 18.5. The van der Waals surface area contributed by atoms with Crippen molar-refractivity contribution in [3.05, 3.63) is 40.3 Å². The molecule has 4 aliphatic rings. The van der Waals surface area contributed by atoms with E-state index in [1.807, 2.05) is 28.8 Å². The summed E-state index contributed by atoms with van der Waals surface area (Å²) >= 11 is 0. The van der Waals surface area contributed by atoms with E-state index in [1.165, 1.54) is 64.2 Å². The zero-order valence-electron chi connectivity index (χ0n) is 22.4. The molecule has 3 heterocycles. The first-order valence-corrected chi connectivity index (χ1v) is 14.8. The average molecular weight is 521 g/mol. The Hall–Kier alpha value is -2.74. The number of para-hydroxylation sites is 2. The molecular formula is C30H40N4O4. The highest BCUT2D eigenvalue weighted by atomic mass is 16.6. The van der Waals surface area contributed by atoms with Crippen molar-refractivity contribution in [2.45, 2.75) is 108 Å².